The first-order chi connectivity index (χ1) is 16.1. The van der Waals surface area contributed by atoms with E-state index in [9.17, 15) is 34.2 Å². The average Bonchev–Trinajstić information content (AvgIpc) is 2.79. The molecule has 0 aliphatic rings. The average molecular weight is 498 g/mol. The molecule has 9 N–H and O–H groups in total. The van der Waals surface area contributed by atoms with Crippen molar-refractivity contribution in [1.82, 2.24) is 16.0 Å². The monoisotopic (exact) mass is 497 g/mol. The van der Waals surface area contributed by atoms with Gasteiger partial charge in [-0.1, -0.05) is 30.3 Å². The van der Waals surface area contributed by atoms with Gasteiger partial charge in [-0.3, -0.25) is 19.2 Å². The zero-order valence-corrected chi connectivity index (χ0v) is 19.5. The number of benzene rings is 1. The van der Waals surface area contributed by atoms with Gasteiger partial charge in [0.05, 0.1) is 19.1 Å². The number of amides is 4. The summed E-state index contributed by atoms with van der Waals surface area (Å²) in [5.41, 5.74) is 11.9. The maximum absolute atomic E-state index is 12.7. The second-order valence-electron chi connectivity index (χ2n) is 7.45. The molecule has 1 rings (SSSR count). The van der Waals surface area contributed by atoms with Gasteiger partial charge in [-0.15, -0.1) is 0 Å². The van der Waals surface area contributed by atoms with E-state index in [1.807, 2.05) is 0 Å². The first-order valence-corrected chi connectivity index (χ1v) is 11.8. The highest BCUT2D eigenvalue weighted by molar-refractivity contribution is 7.98. The molecule has 0 aromatic heterocycles. The molecule has 0 fully saturated rings. The lowest BCUT2D eigenvalue weighted by molar-refractivity contribution is -0.142. The van der Waals surface area contributed by atoms with Crippen molar-refractivity contribution in [3.63, 3.8) is 0 Å². The van der Waals surface area contributed by atoms with Crippen LogP contribution < -0.4 is 27.4 Å². The molecule has 4 atom stereocenters. The van der Waals surface area contributed by atoms with Crippen molar-refractivity contribution in [3.8, 4) is 0 Å². The van der Waals surface area contributed by atoms with Crippen molar-refractivity contribution < 1.29 is 34.2 Å². The van der Waals surface area contributed by atoms with Crippen LogP contribution in [0.1, 0.15) is 18.4 Å². The van der Waals surface area contributed by atoms with Gasteiger partial charge < -0.3 is 37.6 Å². The van der Waals surface area contributed by atoms with Gasteiger partial charge in [0.2, 0.25) is 23.6 Å². The minimum Gasteiger partial charge on any atom is -0.480 e. The van der Waals surface area contributed by atoms with E-state index in [0.29, 0.717) is 5.75 Å². The Kier molecular flexibility index (Phi) is 12.6. The number of hydrogen-bond donors (Lipinski definition) is 7. The largest absolute Gasteiger partial charge is 0.480 e. The molecule has 1 aromatic carbocycles. The Hall–Kier alpha value is -3.16. The first kappa shape index (κ1) is 28.9. The summed E-state index contributed by atoms with van der Waals surface area (Å²) in [4.78, 5) is 60.3. The number of carboxylic acids is 1. The van der Waals surface area contributed by atoms with Gasteiger partial charge in [0.25, 0.3) is 0 Å². The molecule has 0 saturated heterocycles. The van der Waals surface area contributed by atoms with Gasteiger partial charge in [-0.2, -0.15) is 11.8 Å². The van der Waals surface area contributed by atoms with Gasteiger partial charge in [-0.05, 0) is 30.4 Å². The van der Waals surface area contributed by atoms with Gasteiger partial charge in [0, 0.05) is 0 Å². The lowest BCUT2D eigenvalue weighted by Gasteiger charge is -2.23. The van der Waals surface area contributed by atoms with Crippen LogP contribution in [-0.2, 0) is 30.4 Å². The maximum Gasteiger partial charge on any atom is 0.326 e. The van der Waals surface area contributed by atoms with E-state index < -0.39 is 66.8 Å². The summed E-state index contributed by atoms with van der Waals surface area (Å²) in [6, 6.07) is 3.67. The zero-order valence-electron chi connectivity index (χ0n) is 18.7. The molecule has 0 radical (unpaired) electrons. The molecule has 4 amide bonds. The molecule has 0 aliphatic carbocycles. The number of hydrogen-bond acceptors (Lipinski definition) is 8. The summed E-state index contributed by atoms with van der Waals surface area (Å²) < 4.78 is 0. The van der Waals surface area contributed by atoms with Crippen LogP contribution in [0.25, 0.3) is 0 Å². The predicted molar refractivity (Wildman–Crippen MR) is 125 cm³/mol. The van der Waals surface area contributed by atoms with Gasteiger partial charge >= 0.3 is 5.97 Å². The Morgan fingerprint density at radius 2 is 1.50 bits per heavy atom. The summed E-state index contributed by atoms with van der Waals surface area (Å²) in [6.45, 7) is -0.850. The standard InChI is InChI=1S/C21H31N5O7S/c1-34-8-7-14(21(32)33)24-20(31)16(11-27)26-19(30)15(10-17(23)28)25-18(29)13(22)9-12-5-3-2-4-6-12/h2-6,13-16,27H,7-11,22H2,1H3,(H2,23,28)(H,24,31)(H,25,29)(H,26,30)(H,32,33). The molecular formula is C21H31N5O7S. The summed E-state index contributed by atoms with van der Waals surface area (Å²) in [5.74, 6) is -4.33. The van der Waals surface area contributed by atoms with Crippen LogP contribution in [0, 0.1) is 0 Å². The fraction of sp³-hybridized carbons (Fsp3) is 0.476. The molecule has 13 heteroatoms. The third-order valence-corrected chi connectivity index (χ3v) is 5.36. The third-order valence-electron chi connectivity index (χ3n) is 4.71. The summed E-state index contributed by atoms with van der Waals surface area (Å²) >= 11 is 1.39. The van der Waals surface area contributed by atoms with Crippen LogP contribution >= 0.6 is 11.8 Å². The van der Waals surface area contributed by atoms with Gasteiger partial charge in [0.1, 0.15) is 18.1 Å². The Morgan fingerprint density at radius 3 is 2.03 bits per heavy atom. The van der Waals surface area contributed by atoms with Crippen molar-refractivity contribution in [2.75, 3.05) is 18.6 Å². The van der Waals surface area contributed by atoms with Crippen molar-refractivity contribution >= 4 is 41.4 Å². The second-order valence-corrected chi connectivity index (χ2v) is 8.44. The number of aliphatic hydroxyl groups is 1. The molecule has 4 unspecified atom stereocenters. The minimum absolute atomic E-state index is 0.133. The van der Waals surface area contributed by atoms with E-state index in [4.69, 9.17) is 11.5 Å². The molecular weight excluding hydrogens is 466 g/mol. The van der Waals surface area contributed by atoms with Gasteiger partial charge in [0.15, 0.2) is 0 Å². The van der Waals surface area contributed by atoms with E-state index in [1.165, 1.54) is 11.8 Å². The first-order valence-electron chi connectivity index (χ1n) is 10.4. The quantitative estimate of drug-likeness (QED) is 0.139. The predicted octanol–water partition coefficient (Wildman–Crippen LogP) is -2.28. The highest BCUT2D eigenvalue weighted by Crippen LogP contribution is 2.04. The highest BCUT2D eigenvalue weighted by atomic mass is 32.2. The van der Waals surface area contributed by atoms with Crippen LogP contribution in [-0.4, -0.2) is 82.6 Å². The molecule has 0 aliphatic heterocycles. The van der Waals surface area contributed by atoms with Crippen LogP contribution in [0.3, 0.4) is 0 Å². The smallest absolute Gasteiger partial charge is 0.326 e. The number of aliphatic hydroxyl groups excluding tert-OH is 1. The number of carbonyl (C=O) groups excluding carboxylic acids is 4. The van der Waals surface area contributed by atoms with Crippen molar-refractivity contribution in [2.45, 2.75) is 43.4 Å². The Labute approximate surface area is 201 Å². The lowest BCUT2D eigenvalue weighted by Crippen LogP contribution is -2.58. The van der Waals surface area contributed by atoms with Crippen LogP contribution in [0.15, 0.2) is 30.3 Å². The van der Waals surface area contributed by atoms with E-state index >= 15 is 0 Å². The van der Waals surface area contributed by atoms with Crippen LogP contribution in [0.2, 0.25) is 0 Å². The molecule has 1 aromatic rings. The van der Waals surface area contributed by atoms with Gasteiger partial charge in [-0.25, -0.2) is 4.79 Å². The van der Waals surface area contributed by atoms with Crippen molar-refractivity contribution in [1.29, 1.82) is 0 Å². The normalized spacial score (nSPS) is 14.2. The Bertz CT molecular complexity index is 855. The van der Waals surface area contributed by atoms with Crippen molar-refractivity contribution in [2.24, 2.45) is 11.5 Å². The summed E-state index contributed by atoms with van der Waals surface area (Å²) in [7, 11) is 0. The highest BCUT2D eigenvalue weighted by Gasteiger charge is 2.30. The fourth-order valence-electron chi connectivity index (χ4n) is 2.88. The van der Waals surface area contributed by atoms with Crippen LogP contribution in [0.4, 0.5) is 0 Å². The topological polar surface area (TPSA) is 214 Å². The van der Waals surface area contributed by atoms with E-state index in [0.717, 1.165) is 5.56 Å². The minimum atomic E-state index is -1.52. The molecule has 0 heterocycles. The number of rotatable bonds is 15. The molecule has 0 spiro atoms. The number of nitrogens with one attached hydrogen (secondary N) is 3. The zero-order chi connectivity index (χ0) is 25.7. The second kappa shape index (κ2) is 14.9. The number of carbonyl (C=O) groups is 5. The number of nitrogens with two attached hydrogens (primary N) is 2. The van der Waals surface area contributed by atoms with E-state index in [1.54, 1.807) is 36.6 Å². The number of carboxylic acid groups (broad SMARTS) is 1. The summed E-state index contributed by atoms with van der Waals surface area (Å²) in [5, 5.41) is 25.6. The Morgan fingerprint density at radius 1 is 0.941 bits per heavy atom. The maximum atomic E-state index is 12.7. The summed E-state index contributed by atoms with van der Waals surface area (Å²) in [6.07, 6.45) is 1.50. The third kappa shape index (κ3) is 10.2. The number of primary amides is 1. The number of thioether (sulfide) groups is 1. The van der Waals surface area contributed by atoms with Crippen molar-refractivity contribution in [3.05, 3.63) is 35.9 Å². The van der Waals surface area contributed by atoms with E-state index in [-0.39, 0.29) is 12.8 Å². The SMILES string of the molecule is CSCCC(NC(=O)C(CO)NC(=O)C(CC(N)=O)NC(=O)C(N)Cc1ccccc1)C(=O)O. The Balaban J connectivity index is 2.83. The molecule has 12 nitrogen and oxygen atoms in total. The van der Waals surface area contributed by atoms with Crippen LogP contribution in [0.5, 0.6) is 0 Å². The fourth-order valence-corrected chi connectivity index (χ4v) is 3.35. The lowest BCUT2D eigenvalue weighted by atomic mass is 10.0. The van der Waals surface area contributed by atoms with E-state index in [2.05, 4.69) is 16.0 Å². The molecule has 34 heavy (non-hydrogen) atoms. The number of aliphatic carboxylic acids is 1. The molecule has 0 bridgehead atoms. The molecule has 0 saturated carbocycles. The molecule has 188 valence electrons.